The molecule has 0 spiro atoms. The van der Waals surface area contributed by atoms with Gasteiger partial charge in [0.05, 0.1) is 43.7 Å². The molecule has 0 saturated carbocycles. The lowest BCUT2D eigenvalue weighted by molar-refractivity contribution is 0.102. The molecule has 3 heterocycles. The Morgan fingerprint density at radius 1 is 1.23 bits per heavy atom. The number of carbonyl (C=O) groups is 1. The van der Waals surface area contributed by atoms with Gasteiger partial charge in [-0.2, -0.15) is 5.10 Å². The molecule has 9 nitrogen and oxygen atoms in total. The zero-order valence-electron chi connectivity index (χ0n) is 16.5. The summed E-state index contributed by atoms with van der Waals surface area (Å²) in [6.45, 7) is 0. The number of benzene rings is 1. The lowest BCUT2D eigenvalue weighted by Crippen LogP contribution is -2.17. The number of amides is 1. The second-order valence-electron chi connectivity index (χ2n) is 6.91. The van der Waals surface area contributed by atoms with Gasteiger partial charge in [0.25, 0.3) is 5.91 Å². The summed E-state index contributed by atoms with van der Waals surface area (Å²) in [5.74, 6) is 1.14. The number of furan rings is 1. The van der Waals surface area contributed by atoms with Crippen molar-refractivity contribution in [2.45, 2.75) is 12.5 Å². The first-order valence-corrected chi connectivity index (χ1v) is 11.1. The van der Waals surface area contributed by atoms with E-state index in [1.54, 1.807) is 41.1 Å². The van der Waals surface area contributed by atoms with Crippen molar-refractivity contribution in [1.29, 1.82) is 0 Å². The molecule has 0 radical (unpaired) electrons. The van der Waals surface area contributed by atoms with E-state index in [2.05, 4.69) is 10.4 Å². The third-order valence-electron chi connectivity index (χ3n) is 4.95. The number of methoxy groups -OCH3 is 2. The van der Waals surface area contributed by atoms with Crippen molar-refractivity contribution >= 4 is 21.4 Å². The van der Waals surface area contributed by atoms with Gasteiger partial charge < -0.3 is 19.2 Å². The second-order valence-corrected chi connectivity index (χ2v) is 9.14. The van der Waals surface area contributed by atoms with E-state index < -0.39 is 15.7 Å². The minimum atomic E-state index is -3.13. The van der Waals surface area contributed by atoms with Crippen molar-refractivity contribution in [2.24, 2.45) is 0 Å². The van der Waals surface area contributed by atoms with Crippen molar-refractivity contribution in [1.82, 2.24) is 9.78 Å². The Kier molecular flexibility index (Phi) is 5.25. The number of anilines is 1. The maximum Gasteiger partial charge on any atom is 0.276 e. The average Bonchev–Trinajstić information content (AvgIpc) is 3.46. The quantitative estimate of drug-likeness (QED) is 0.638. The SMILES string of the molecule is COc1ccc(OC)c(NC(=O)c2cc(-c3ccco3)n(C3CCS(=O)(=O)C3)n2)c1. The molecule has 1 unspecified atom stereocenters. The Labute approximate surface area is 173 Å². The first-order valence-electron chi connectivity index (χ1n) is 9.27. The molecule has 2 aromatic heterocycles. The first kappa shape index (κ1) is 20.0. The molecule has 10 heteroatoms. The van der Waals surface area contributed by atoms with Crippen LogP contribution in [0.3, 0.4) is 0 Å². The standard InChI is InChI=1S/C20H21N3O6S/c1-27-14-5-6-18(28-2)15(10-14)21-20(24)16-11-17(19-4-3-8-29-19)23(22-16)13-7-9-30(25,26)12-13/h3-6,8,10-11,13H,7,9,12H2,1-2H3,(H,21,24). The second kappa shape index (κ2) is 7.86. The monoisotopic (exact) mass is 431 g/mol. The van der Waals surface area contributed by atoms with Crippen LogP contribution in [0.5, 0.6) is 11.5 Å². The number of sulfone groups is 1. The number of carbonyl (C=O) groups excluding carboxylic acids is 1. The zero-order chi connectivity index (χ0) is 21.3. The molecule has 1 amide bonds. The molecule has 1 aliphatic rings. The zero-order valence-corrected chi connectivity index (χ0v) is 17.3. The molecular formula is C20H21N3O6S. The van der Waals surface area contributed by atoms with Crippen molar-refractivity contribution in [2.75, 3.05) is 31.0 Å². The van der Waals surface area contributed by atoms with Gasteiger partial charge in [-0.25, -0.2) is 8.42 Å². The van der Waals surface area contributed by atoms with E-state index in [-0.39, 0.29) is 23.2 Å². The van der Waals surface area contributed by atoms with Gasteiger partial charge in [-0.15, -0.1) is 0 Å². The summed E-state index contributed by atoms with van der Waals surface area (Å²) in [4.78, 5) is 12.9. The number of hydrogen-bond donors (Lipinski definition) is 1. The van der Waals surface area contributed by atoms with Gasteiger partial charge in [0.15, 0.2) is 21.3 Å². The first-order chi connectivity index (χ1) is 14.4. The van der Waals surface area contributed by atoms with Crippen LogP contribution in [0.15, 0.2) is 47.1 Å². The van der Waals surface area contributed by atoms with Gasteiger partial charge in [0, 0.05) is 12.1 Å². The number of ether oxygens (including phenoxy) is 2. The molecule has 30 heavy (non-hydrogen) atoms. The summed E-state index contributed by atoms with van der Waals surface area (Å²) >= 11 is 0. The molecule has 1 saturated heterocycles. The Hall–Kier alpha value is -3.27. The largest absolute Gasteiger partial charge is 0.497 e. The van der Waals surface area contributed by atoms with Gasteiger partial charge in [0.1, 0.15) is 17.2 Å². The fourth-order valence-corrected chi connectivity index (χ4v) is 5.15. The molecule has 4 rings (SSSR count). The molecule has 0 aliphatic carbocycles. The highest BCUT2D eigenvalue weighted by molar-refractivity contribution is 7.91. The highest BCUT2D eigenvalue weighted by Crippen LogP contribution is 2.32. The Morgan fingerprint density at radius 2 is 2.07 bits per heavy atom. The van der Waals surface area contributed by atoms with Gasteiger partial charge in [-0.3, -0.25) is 9.48 Å². The topological polar surface area (TPSA) is 113 Å². The number of aromatic nitrogens is 2. The van der Waals surface area contributed by atoms with Crippen LogP contribution in [0.25, 0.3) is 11.5 Å². The third kappa shape index (κ3) is 3.90. The molecule has 158 valence electrons. The summed E-state index contributed by atoms with van der Waals surface area (Å²) in [6.07, 6.45) is 1.95. The predicted molar refractivity (Wildman–Crippen MR) is 110 cm³/mol. The van der Waals surface area contributed by atoms with Crippen LogP contribution in [0.1, 0.15) is 23.0 Å². The van der Waals surface area contributed by atoms with Crippen LogP contribution in [-0.2, 0) is 9.84 Å². The summed E-state index contributed by atoms with van der Waals surface area (Å²) in [6, 6.07) is 9.74. The van der Waals surface area contributed by atoms with Crippen LogP contribution < -0.4 is 14.8 Å². The van der Waals surface area contributed by atoms with Crippen molar-refractivity contribution in [3.8, 4) is 23.0 Å². The van der Waals surface area contributed by atoms with E-state index >= 15 is 0 Å². The van der Waals surface area contributed by atoms with Crippen molar-refractivity contribution in [3.63, 3.8) is 0 Å². The molecule has 3 aromatic rings. The van der Waals surface area contributed by atoms with Crippen LogP contribution in [0.2, 0.25) is 0 Å². The van der Waals surface area contributed by atoms with Gasteiger partial charge >= 0.3 is 0 Å². The minimum absolute atomic E-state index is 0.0207. The third-order valence-corrected chi connectivity index (χ3v) is 6.70. The number of nitrogens with one attached hydrogen (secondary N) is 1. The highest BCUT2D eigenvalue weighted by Gasteiger charge is 2.32. The molecule has 1 atom stereocenters. The lowest BCUT2D eigenvalue weighted by atomic mass is 10.2. The Bertz CT molecular complexity index is 1170. The molecule has 1 aromatic carbocycles. The maximum absolute atomic E-state index is 12.9. The van der Waals surface area contributed by atoms with Crippen LogP contribution >= 0.6 is 0 Å². The molecule has 1 fully saturated rings. The molecular weight excluding hydrogens is 410 g/mol. The average molecular weight is 431 g/mol. The van der Waals surface area contributed by atoms with Crippen LogP contribution in [0, 0.1) is 0 Å². The Morgan fingerprint density at radius 3 is 2.70 bits per heavy atom. The molecule has 1 aliphatic heterocycles. The number of hydrogen-bond acceptors (Lipinski definition) is 7. The minimum Gasteiger partial charge on any atom is -0.497 e. The summed E-state index contributed by atoms with van der Waals surface area (Å²) < 4.78 is 41.5. The van der Waals surface area contributed by atoms with E-state index in [4.69, 9.17) is 13.9 Å². The van der Waals surface area contributed by atoms with Crippen molar-refractivity contribution in [3.05, 3.63) is 48.4 Å². The normalized spacial score (nSPS) is 17.6. The lowest BCUT2D eigenvalue weighted by Gasteiger charge is -2.12. The predicted octanol–water partition coefficient (Wildman–Crippen LogP) is 2.77. The maximum atomic E-state index is 12.9. The Balaban J connectivity index is 1.68. The smallest absolute Gasteiger partial charge is 0.276 e. The highest BCUT2D eigenvalue weighted by atomic mass is 32.2. The van der Waals surface area contributed by atoms with E-state index in [1.165, 1.54) is 20.5 Å². The van der Waals surface area contributed by atoms with Gasteiger partial charge in [-0.1, -0.05) is 0 Å². The number of nitrogens with zero attached hydrogens (tertiary/aromatic N) is 2. The van der Waals surface area contributed by atoms with Gasteiger partial charge in [-0.05, 0) is 30.7 Å². The summed E-state index contributed by atoms with van der Waals surface area (Å²) in [5.41, 5.74) is 1.11. The van der Waals surface area contributed by atoms with Crippen LogP contribution in [-0.4, -0.2) is 49.8 Å². The van der Waals surface area contributed by atoms with Gasteiger partial charge in [0.2, 0.25) is 0 Å². The van der Waals surface area contributed by atoms with E-state index in [0.29, 0.717) is 35.1 Å². The summed E-state index contributed by atoms with van der Waals surface area (Å²) in [5, 5.41) is 7.19. The van der Waals surface area contributed by atoms with E-state index in [1.807, 2.05) is 0 Å². The fourth-order valence-electron chi connectivity index (χ4n) is 3.46. The summed E-state index contributed by atoms with van der Waals surface area (Å²) in [7, 11) is -0.0980. The fraction of sp³-hybridized carbons (Fsp3) is 0.300. The molecule has 1 N–H and O–H groups in total. The number of rotatable bonds is 6. The van der Waals surface area contributed by atoms with Crippen LogP contribution in [0.4, 0.5) is 5.69 Å². The van der Waals surface area contributed by atoms with E-state index in [0.717, 1.165) is 0 Å². The van der Waals surface area contributed by atoms with E-state index in [9.17, 15) is 13.2 Å². The molecule has 0 bridgehead atoms. The van der Waals surface area contributed by atoms with Crippen molar-refractivity contribution < 1.29 is 27.1 Å².